The average Bonchev–Trinajstić information content (AvgIpc) is 2.38. The summed E-state index contributed by atoms with van der Waals surface area (Å²) in [7, 11) is 0. The van der Waals surface area contributed by atoms with Crippen molar-refractivity contribution in [2.45, 2.75) is 64.4 Å². The maximum Gasteiger partial charge on any atom is 0.0791 e. The van der Waals surface area contributed by atoms with Crippen LogP contribution in [-0.4, -0.2) is 10.1 Å². The van der Waals surface area contributed by atoms with Gasteiger partial charge in [-0.15, -0.1) is 0 Å². The molecule has 1 unspecified atom stereocenters. The van der Waals surface area contributed by atoms with Gasteiger partial charge in [0, 0.05) is 12.4 Å². The Bertz CT molecular complexity index is 274. The lowest BCUT2D eigenvalue weighted by atomic mass is 10.0. The number of rotatable bonds is 9. The van der Waals surface area contributed by atoms with E-state index in [1.807, 2.05) is 12.1 Å². The minimum Gasteiger partial charge on any atom is -0.388 e. The first kappa shape index (κ1) is 14.2. The molecule has 0 amide bonds. The third kappa shape index (κ3) is 6.42. The van der Waals surface area contributed by atoms with Crippen molar-refractivity contribution in [3.8, 4) is 0 Å². The lowest BCUT2D eigenvalue weighted by Gasteiger charge is -2.10. The van der Waals surface area contributed by atoms with Crippen molar-refractivity contribution >= 4 is 0 Å². The molecule has 1 atom stereocenters. The summed E-state index contributed by atoms with van der Waals surface area (Å²) in [6, 6.07) is 3.79. The Labute approximate surface area is 105 Å². The number of pyridine rings is 1. The van der Waals surface area contributed by atoms with Crippen LogP contribution in [0.4, 0.5) is 0 Å². The summed E-state index contributed by atoms with van der Waals surface area (Å²) in [4.78, 5) is 3.95. The first-order valence-corrected chi connectivity index (χ1v) is 6.92. The number of aliphatic hydroxyl groups is 1. The van der Waals surface area contributed by atoms with Gasteiger partial charge in [0.1, 0.15) is 0 Å². The van der Waals surface area contributed by atoms with Crippen LogP contribution in [0.2, 0.25) is 0 Å². The quantitative estimate of drug-likeness (QED) is 0.649. The summed E-state index contributed by atoms with van der Waals surface area (Å²) in [6.45, 7) is 2.24. The first-order chi connectivity index (χ1) is 8.34. The van der Waals surface area contributed by atoms with Crippen LogP contribution in [0.15, 0.2) is 24.5 Å². The lowest BCUT2D eigenvalue weighted by Crippen LogP contribution is -1.97. The van der Waals surface area contributed by atoms with E-state index in [-0.39, 0.29) is 6.10 Å². The molecule has 1 rings (SSSR count). The van der Waals surface area contributed by atoms with Crippen molar-refractivity contribution in [3.63, 3.8) is 0 Å². The van der Waals surface area contributed by atoms with E-state index in [2.05, 4.69) is 11.9 Å². The zero-order valence-electron chi connectivity index (χ0n) is 10.9. The van der Waals surface area contributed by atoms with E-state index in [1.54, 1.807) is 12.4 Å². The van der Waals surface area contributed by atoms with Crippen LogP contribution in [0, 0.1) is 0 Å². The van der Waals surface area contributed by atoms with E-state index in [4.69, 9.17) is 0 Å². The molecule has 1 aromatic heterocycles. The second kappa shape index (κ2) is 9.17. The highest BCUT2D eigenvalue weighted by atomic mass is 16.3. The van der Waals surface area contributed by atoms with Gasteiger partial charge in [0.15, 0.2) is 0 Å². The fourth-order valence-electron chi connectivity index (χ4n) is 2.05. The second-order valence-electron chi connectivity index (χ2n) is 4.71. The van der Waals surface area contributed by atoms with Crippen LogP contribution in [0.1, 0.15) is 70.0 Å². The molecule has 17 heavy (non-hydrogen) atoms. The predicted molar refractivity (Wildman–Crippen MR) is 71.8 cm³/mol. The smallest absolute Gasteiger partial charge is 0.0791 e. The maximum atomic E-state index is 9.93. The summed E-state index contributed by atoms with van der Waals surface area (Å²) >= 11 is 0. The minimum atomic E-state index is -0.311. The molecule has 0 aliphatic carbocycles. The molecule has 0 radical (unpaired) electrons. The van der Waals surface area contributed by atoms with Gasteiger partial charge in [-0.3, -0.25) is 4.98 Å². The Hall–Kier alpha value is -0.890. The molecular formula is C15H25NO. The Morgan fingerprint density at radius 2 is 1.59 bits per heavy atom. The van der Waals surface area contributed by atoms with Crippen LogP contribution >= 0.6 is 0 Å². The normalized spacial score (nSPS) is 12.6. The fourth-order valence-corrected chi connectivity index (χ4v) is 2.05. The zero-order valence-corrected chi connectivity index (χ0v) is 10.9. The zero-order chi connectivity index (χ0) is 12.3. The lowest BCUT2D eigenvalue weighted by molar-refractivity contribution is 0.163. The number of unbranched alkanes of at least 4 members (excludes halogenated alkanes) is 6. The fraction of sp³-hybridized carbons (Fsp3) is 0.667. The molecule has 2 heteroatoms. The molecule has 0 saturated carbocycles. The van der Waals surface area contributed by atoms with Crippen LogP contribution < -0.4 is 0 Å². The molecular weight excluding hydrogens is 210 g/mol. The SMILES string of the molecule is CCCCCCCCCC(O)c1ccncc1. The molecule has 0 saturated heterocycles. The number of aliphatic hydroxyl groups excluding tert-OH is 1. The Kier molecular flexibility index (Phi) is 7.65. The van der Waals surface area contributed by atoms with Gasteiger partial charge in [0.25, 0.3) is 0 Å². The molecule has 1 aromatic rings. The molecule has 1 N–H and O–H groups in total. The van der Waals surface area contributed by atoms with E-state index in [0.717, 1.165) is 18.4 Å². The number of hydrogen-bond acceptors (Lipinski definition) is 2. The van der Waals surface area contributed by atoms with Crippen LogP contribution in [-0.2, 0) is 0 Å². The monoisotopic (exact) mass is 235 g/mol. The van der Waals surface area contributed by atoms with E-state index in [9.17, 15) is 5.11 Å². The van der Waals surface area contributed by atoms with Gasteiger partial charge in [-0.05, 0) is 24.1 Å². The second-order valence-corrected chi connectivity index (χ2v) is 4.71. The van der Waals surface area contributed by atoms with Crippen molar-refractivity contribution in [1.82, 2.24) is 4.98 Å². The summed E-state index contributed by atoms with van der Waals surface area (Å²) in [6.07, 6.45) is 13.1. The Morgan fingerprint density at radius 1 is 1.00 bits per heavy atom. The molecule has 0 aliphatic rings. The van der Waals surface area contributed by atoms with E-state index < -0.39 is 0 Å². The Morgan fingerprint density at radius 3 is 2.24 bits per heavy atom. The number of aromatic nitrogens is 1. The summed E-state index contributed by atoms with van der Waals surface area (Å²) < 4.78 is 0. The van der Waals surface area contributed by atoms with E-state index in [0.29, 0.717) is 0 Å². The average molecular weight is 235 g/mol. The third-order valence-electron chi connectivity index (χ3n) is 3.17. The molecule has 0 fully saturated rings. The van der Waals surface area contributed by atoms with Gasteiger partial charge in [0.2, 0.25) is 0 Å². The number of hydrogen-bond donors (Lipinski definition) is 1. The Balaban J connectivity index is 2.03. The van der Waals surface area contributed by atoms with Crippen LogP contribution in [0.3, 0.4) is 0 Å². The van der Waals surface area contributed by atoms with Crippen molar-refractivity contribution in [2.75, 3.05) is 0 Å². The molecule has 96 valence electrons. The van der Waals surface area contributed by atoms with Gasteiger partial charge in [-0.1, -0.05) is 51.9 Å². The van der Waals surface area contributed by atoms with Crippen molar-refractivity contribution in [2.24, 2.45) is 0 Å². The maximum absolute atomic E-state index is 9.93. The summed E-state index contributed by atoms with van der Waals surface area (Å²) in [5, 5.41) is 9.93. The highest BCUT2D eigenvalue weighted by Crippen LogP contribution is 2.19. The van der Waals surface area contributed by atoms with Gasteiger partial charge in [0.05, 0.1) is 6.10 Å². The van der Waals surface area contributed by atoms with E-state index >= 15 is 0 Å². The first-order valence-electron chi connectivity index (χ1n) is 6.92. The minimum absolute atomic E-state index is 0.311. The summed E-state index contributed by atoms with van der Waals surface area (Å²) in [5.41, 5.74) is 0.992. The molecule has 0 aromatic carbocycles. The highest BCUT2D eigenvalue weighted by Gasteiger charge is 2.05. The van der Waals surface area contributed by atoms with Crippen LogP contribution in [0.5, 0.6) is 0 Å². The van der Waals surface area contributed by atoms with Gasteiger partial charge in [-0.25, -0.2) is 0 Å². The molecule has 0 aliphatic heterocycles. The van der Waals surface area contributed by atoms with Crippen molar-refractivity contribution in [3.05, 3.63) is 30.1 Å². The predicted octanol–water partition coefficient (Wildman–Crippen LogP) is 4.26. The molecule has 0 spiro atoms. The number of nitrogens with zero attached hydrogens (tertiary/aromatic N) is 1. The van der Waals surface area contributed by atoms with Crippen LogP contribution in [0.25, 0.3) is 0 Å². The van der Waals surface area contributed by atoms with E-state index in [1.165, 1.54) is 38.5 Å². The topological polar surface area (TPSA) is 33.1 Å². The molecule has 0 bridgehead atoms. The van der Waals surface area contributed by atoms with Gasteiger partial charge >= 0.3 is 0 Å². The molecule has 1 heterocycles. The van der Waals surface area contributed by atoms with Crippen molar-refractivity contribution in [1.29, 1.82) is 0 Å². The van der Waals surface area contributed by atoms with Crippen molar-refractivity contribution < 1.29 is 5.11 Å². The largest absolute Gasteiger partial charge is 0.388 e. The van der Waals surface area contributed by atoms with Gasteiger partial charge < -0.3 is 5.11 Å². The highest BCUT2D eigenvalue weighted by molar-refractivity contribution is 5.12. The third-order valence-corrected chi connectivity index (χ3v) is 3.17. The van der Waals surface area contributed by atoms with Gasteiger partial charge in [-0.2, -0.15) is 0 Å². The standard InChI is InChI=1S/C15H25NO/c1-2-3-4-5-6-7-8-9-15(17)14-10-12-16-13-11-14/h10-13,15,17H,2-9H2,1H3. The molecule has 2 nitrogen and oxygen atoms in total. The summed E-state index contributed by atoms with van der Waals surface area (Å²) in [5.74, 6) is 0.